The van der Waals surface area contributed by atoms with Crippen LogP contribution in [0.3, 0.4) is 0 Å². The molecule has 0 spiro atoms. The van der Waals surface area contributed by atoms with Crippen molar-refractivity contribution in [3.8, 4) is 17.2 Å². The second kappa shape index (κ2) is 13.6. The van der Waals surface area contributed by atoms with Gasteiger partial charge in [0, 0.05) is 66.0 Å². The van der Waals surface area contributed by atoms with Gasteiger partial charge in [-0.15, -0.1) is 0 Å². The molecular formula is C41H44Cl2FN5O4. The van der Waals surface area contributed by atoms with Gasteiger partial charge in [0.25, 0.3) is 0 Å². The molecule has 1 saturated carbocycles. The Labute approximate surface area is 319 Å². The zero-order valence-corrected chi connectivity index (χ0v) is 32.5. The molecule has 2 aromatic heterocycles. The molecule has 2 aromatic carbocycles. The number of fused-ring (bicyclic) bond motifs is 3. The number of aryl methyl sites for hydroxylation is 1. The number of benzene rings is 2. The van der Waals surface area contributed by atoms with Crippen LogP contribution in [0.25, 0.3) is 32.9 Å². The second-order valence-corrected chi connectivity index (χ2v) is 17.1. The lowest BCUT2D eigenvalue weighted by Gasteiger charge is -2.30. The molecule has 3 atom stereocenters. The zero-order valence-electron chi connectivity index (χ0n) is 31.0. The molecule has 0 N–H and O–H groups in total. The maximum absolute atomic E-state index is 17.3. The van der Waals surface area contributed by atoms with Crippen molar-refractivity contribution in [2.75, 3.05) is 19.6 Å². The van der Waals surface area contributed by atoms with E-state index in [1.807, 2.05) is 44.7 Å². The Morgan fingerprint density at radius 1 is 1.13 bits per heavy atom. The van der Waals surface area contributed by atoms with Crippen LogP contribution in [0.5, 0.6) is 0 Å². The van der Waals surface area contributed by atoms with E-state index in [1.165, 1.54) is 6.92 Å². The molecule has 3 aliphatic rings. The lowest BCUT2D eigenvalue weighted by atomic mass is 9.93. The summed E-state index contributed by atoms with van der Waals surface area (Å²) in [5.74, 6) is -0.668. The number of likely N-dealkylation sites (tertiary alicyclic amines) is 2. The van der Waals surface area contributed by atoms with Crippen molar-refractivity contribution in [3.05, 3.63) is 63.1 Å². The Balaban J connectivity index is 1.52. The smallest absolute Gasteiger partial charge is 0.410 e. The van der Waals surface area contributed by atoms with E-state index in [9.17, 15) is 19.6 Å². The van der Waals surface area contributed by atoms with Crippen LogP contribution < -0.4 is 0 Å². The van der Waals surface area contributed by atoms with E-state index in [2.05, 4.69) is 17.6 Å². The molecule has 53 heavy (non-hydrogen) atoms. The molecule has 3 fully saturated rings. The van der Waals surface area contributed by atoms with Crippen molar-refractivity contribution in [1.82, 2.24) is 19.4 Å². The SMILES string of the molecule is CC(=O)c1nc2c(F)c(-c3cccc(Cl)c3Cl)c(CCC#N)cc2c2c1cc(C1CC(C)CN1C(=O)C1(C)CC1)n2C1CCN(C(=O)OC(C)(C)C)C1. The van der Waals surface area contributed by atoms with Crippen LogP contribution in [0.1, 0.15) is 107 Å². The van der Waals surface area contributed by atoms with Crippen molar-refractivity contribution in [1.29, 1.82) is 5.26 Å². The third kappa shape index (κ3) is 6.65. The topological polar surface area (TPSA) is 109 Å². The van der Waals surface area contributed by atoms with Gasteiger partial charge in [-0.3, -0.25) is 9.59 Å². The largest absolute Gasteiger partial charge is 0.444 e. The average Bonchev–Trinajstić information content (AvgIpc) is 3.41. The molecule has 0 bridgehead atoms. The molecule has 7 rings (SSSR count). The number of carbonyl (C=O) groups is 3. The molecule has 278 valence electrons. The number of carbonyl (C=O) groups excluding carboxylic acids is 3. The van der Waals surface area contributed by atoms with E-state index in [4.69, 9.17) is 32.9 Å². The minimum atomic E-state index is -0.681. The molecular weight excluding hydrogens is 716 g/mol. The van der Waals surface area contributed by atoms with Crippen LogP contribution in [-0.4, -0.2) is 62.4 Å². The zero-order chi connectivity index (χ0) is 38.1. The van der Waals surface area contributed by atoms with Crippen molar-refractivity contribution in [2.45, 2.75) is 97.8 Å². The van der Waals surface area contributed by atoms with Crippen molar-refractivity contribution in [3.63, 3.8) is 0 Å². The molecule has 4 heterocycles. The van der Waals surface area contributed by atoms with E-state index in [0.717, 1.165) is 18.5 Å². The molecule has 12 heteroatoms. The Hall–Kier alpha value is -4.20. The molecule has 9 nitrogen and oxygen atoms in total. The molecule has 2 aliphatic heterocycles. The van der Waals surface area contributed by atoms with Gasteiger partial charge in [-0.1, -0.05) is 49.2 Å². The summed E-state index contributed by atoms with van der Waals surface area (Å²) in [6.07, 6.45) is 2.88. The highest BCUT2D eigenvalue weighted by Crippen LogP contribution is 2.51. The van der Waals surface area contributed by atoms with Gasteiger partial charge in [-0.05, 0) is 82.6 Å². The van der Waals surface area contributed by atoms with E-state index < -0.39 is 22.9 Å². The highest BCUT2D eigenvalue weighted by atomic mass is 35.5. The van der Waals surface area contributed by atoms with Gasteiger partial charge in [0.15, 0.2) is 11.6 Å². The molecule has 2 amide bonds. The van der Waals surface area contributed by atoms with Crippen LogP contribution in [-0.2, 0) is 16.0 Å². The van der Waals surface area contributed by atoms with Crippen molar-refractivity contribution >= 4 is 62.8 Å². The fourth-order valence-electron chi connectivity index (χ4n) is 8.19. The summed E-state index contributed by atoms with van der Waals surface area (Å²) in [4.78, 5) is 49.3. The van der Waals surface area contributed by atoms with Gasteiger partial charge in [0.2, 0.25) is 5.91 Å². The van der Waals surface area contributed by atoms with Crippen LogP contribution in [0.2, 0.25) is 10.0 Å². The number of ether oxygens (including phenoxy) is 1. The van der Waals surface area contributed by atoms with E-state index in [-0.39, 0.29) is 69.4 Å². The highest BCUT2D eigenvalue weighted by Gasteiger charge is 2.51. The molecule has 1 aliphatic carbocycles. The first-order valence-corrected chi connectivity index (χ1v) is 19.1. The standard InChI is InChI=1S/C41H44Cl2FN5O4/c1-22-17-30(48(20-22)38(51)41(6)13-14-41)31-19-28-35(23(2)50)46-36-27(37(28)49(31)25-12-16-47(21-25)39(52)53-40(3,4)5)18-24(9-8-15-45)32(34(36)44)26-10-7-11-29(42)33(26)43/h7,10-11,18-19,22,25,30H,8-9,12-14,16-17,20-21H2,1-6H3. The molecule has 2 saturated heterocycles. The molecule has 3 unspecified atom stereocenters. The van der Waals surface area contributed by atoms with Crippen LogP contribution in [0, 0.1) is 28.5 Å². The Bertz CT molecular complexity index is 2230. The number of hydrogen-bond donors (Lipinski definition) is 0. The lowest BCUT2D eigenvalue weighted by Crippen LogP contribution is -2.37. The fraction of sp³-hybridized carbons (Fsp3) is 0.488. The Morgan fingerprint density at radius 2 is 1.87 bits per heavy atom. The predicted octanol–water partition coefficient (Wildman–Crippen LogP) is 9.85. The molecule has 4 aromatic rings. The first-order chi connectivity index (χ1) is 25.0. The van der Waals surface area contributed by atoms with Crippen LogP contribution in [0.4, 0.5) is 9.18 Å². The summed E-state index contributed by atoms with van der Waals surface area (Å²) in [7, 11) is 0. The van der Waals surface area contributed by atoms with Gasteiger partial charge in [0.05, 0.1) is 33.7 Å². The molecule has 0 radical (unpaired) electrons. The number of ketones is 1. The number of nitriles is 1. The highest BCUT2D eigenvalue weighted by molar-refractivity contribution is 6.43. The van der Waals surface area contributed by atoms with Gasteiger partial charge in [0.1, 0.15) is 16.8 Å². The summed E-state index contributed by atoms with van der Waals surface area (Å²) < 4.78 is 25.2. The second-order valence-electron chi connectivity index (χ2n) is 16.3. The number of halogens is 3. The summed E-state index contributed by atoms with van der Waals surface area (Å²) >= 11 is 13.1. The van der Waals surface area contributed by atoms with Crippen LogP contribution >= 0.6 is 23.2 Å². The summed E-state index contributed by atoms with van der Waals surface area (Å²) in [6, 6.07) is 10.4. The first-order valence-electron chi connectivity index (χ1n) is 18.3. The number of nitrogens with zero attached hydrogens (tertiary/aromatic N) is 5. The predicted molar refractivity (Wildman–Crippen MR) is 204 cm³/mol. The van der Waals surface area contributed by atoms with Crippen LogP contribution in [0.15, 0.2) is 30.3 Å². The first kappa shape index (κ1) is 37.1. The normalized spacial score (nSPS) is 21.0. The Kier molecular flexibility index (Phi) is 9.51. The van der Waals surface area contributed by atoms with Crippen molar-refractivity contribution in [2.24, 2.45) is 11.3 Å². The summed E-state index contributed by atoms with van der Waals surface area (Å²) in [5, 5.41) is 11.1. The maximum Gasteiger partial charge on any atom is 0.410 e. The van der Waals surface area contributed by atoms with Gasteiger partial charge in [-0.2, -0.15) is 5.26 Å². The third-order valence-electron chi connectivity index (χ3n) is 11.0. The number of rotatable bonds is 7. The monoisotopic (exact) mass is 759 g/mol. The van der Waals surface area contributed by atoms with Gasteiger partial charge in [-0.25, -0.2) is 14.2 Å². The van der Waals surface area contributed by atoms with Gasteiger partial charge >= 0.3 is 6.09 Å². The summed E-state index contributed by atoms with van der Waals surface area (Å²) in [5.41, 5.74) is 1.54. The number of hydrogen-bond acceptors (Lipinski definition) is 6. The number of aromatic nitrogens is 2. The van der Waals surface area contributed by atoms with E-state index >= 15 is 4.39 Å². The fourth-order valence-corrected chi connectivity index (χ4v) is 8.59. The quantitative estimate of drug-likeness (QED) is 0.174. The van der Waals surface area contributed by atoms with E-state index in [1.54, 1.807) is 23.1 Å². The lowest BCUT2D eigenvalue weighted by molar-refractivity contribution is -0.137. The van der Waals surface area contributed by atoms with Gasteiger partial charge < -0.3 is 19.1 Å². The third-order valence-corrected chi connectivity index (χ3v) is 11.8. The minimum absolute atomic E-state index is 0.0134. The van der Waals surface area contributed by atoms with Crippen molar-refractivity contribution < 1.29 is 23.5 Å². The average molecular weight is 761 g/mol. The Morgan fingerprint density at radius 3 is 2.53 bits per heavy atom. The number of pyridine rings is 1. The number of amides is 2. The van der Waals surface area contributed by atoms with E-state index in [0.29, 0.717) is 59.9 Å². The minimum Gasteiger partial charge on any atom is -0.444 e. The summed E-state index contributed by atoms with van der Waals surface area (Å²) in [6.45, 7) is 12.4. The number of Topliss-reactive ketones (excluding diaryl/α,β-unsaturated/α-hetero) is 1. The maximum atomic E-state index is 17.3.